The Kier molecular flexibility index (Phi) is 5.33. The first-order chi connectivity index (χ1) is 10.5. The zero-order valence-electron chi connectivity index (χ0n) is 13.7. The van der Waals surface area contributed by atoms with Gasteiger partial charge in [-0.05, 0) is 45.1 Å². The van der Waals surface area contributed by atoms with Crippen LogP contribution in [-0.2, 0) is 6.54 Å². The Labute approximate surface area is 131 Å². The molecule has 0 saturated carbocycles. The van der Waals surface area contributed by atoms with Crippen LogP contribution < -0.4 is 5.32 Å². The summed E-state index contributed by atoms with van der Waals surface area (Å²) in [6.07, 6.45) is 2.57. The van der Waals surface area contributed by atoms with Gasteiger partial charge in [0.15, 0.2) is 0 Å². The normalized spacial score (nSPS) is 12.4. The van der Waals surface area contributed by atoms with Gasteiger partial charge in [-0.2, -0.15) is 0 Å². The van der Waals surface area contributed by atoms with Gasteiger partial charge in [0, 0.05) is 24.0 Å². The Bertz CT molecular complexity index is 616. The highest BCUT2D eigenvalue weighted by molar-refractivity contribution is 5.94. The maximum atomic E-state index is 12.4. The van der Waals surface area contributed by atoms with E-state index in [1.807, 2.05) is 52.2 Å². The summed E-state index contributed by atoms with van der Waals surface area (Å²) in [4.78, 5) is 22.0. The van der Waals surface area contributed by atoms with Crippen LogP contribution in [0.15, 0.2) is 30.5 Å². The number of aryl methyl sites for hydroxylation is 1. The van der Waals surface area contributed by atoms with Gasteiger partial charge in [0.1, 0.15) is 5.82 Å². The van der Waals surface area contributed by atoms with Crippen LogP contribution in [0.5, 0.6) is 0 Å². The van der Waals surface area contributed by atoms with E-state index in [0.29, 0.717) is 5.56 Å². The summed E-state index contributed by atoms with van der Waals surface area (Å²) in [6, 6.07) is 7.63. The molecule has 0 spiro atoms. The van der Waals surface area contributed by atoms with Crippen LogP contribution in [0.1, 0.15) is 46.8 Å². The van der Waals surface area contributed by atoms with Crippen LogP contribution in [0.4, 0.5) is 0 Å². The topological polar surface area (TPSA) is 61.0 Å². The van der Waals surface area contributed by atoms with Crippen molar-refractivity contribution in [3.63, 3.8) is 0 Å². The van der Waals surface area contributed by atoms with Crippen LogP contribution in [0.3, 0.4) is 0 Å². The third-order valence-corrected chi connectivity index (χ3v) is 3.48. The second-order valence-electron chi connectivity index (χ2n) is 5.82. The third-order valence-electron chi connectivity index (χ3n) is 3.48. The molecule has 1 amide bonds. The lowest BCUT2D eigenvalue weighted by molar-refractivity contribution is 0.0934. The van der Waals surface area contributed by atoms with E-state index in [1.54, 1.807) is 6.20 Å². The Morgan fingerprint density at radius 2 is 2.00 bits per heavy atom. The van der Waals surface area contributed by atoms with Gasteiger partial charge in [0.25, 0.3) is 5.91 Å². The van der Waals surface area contributed by atoms with Crippen molar-refractivity contribution in [3.8, 4) is 0 Å². The fourth-order valence-electron chi connectivity index (χ4n) is 2.34. The first-order valence-corrected chi connectivity index (χ1v) is 7.55. The SMILES string of the molecule is CCC(NC(=O)c1ccc(CN(C)C)cc1)c1ncc(C)[nH]1. The van der Waals surface area contributed by atoms with Crippen molar-refractivity contribution in [2.45, 2.75) is 32.9 Å². The summed E-state index contributed by atoms with van der Waals surface area (Å²) in [5.74, 6) is 0.731. The van der Waals surface area contributed by atoms with E-state index in [1.165, 1.54) is 5.56 Å². The summed E-state index contributed by atoms with van der Waals surface area (Å²) < 4.78 is 0. The zero-order valence-corrected chi connectivity index (χ0v) is 13.7. The number of aromatic nitrogens is 2. The van der Waals surface area contributed by atoms with Gasteiger partial charge in [-0.25, -0.2) is 4.98 Å². The number of rotatable bonds is 6. The summed E-state index contributed by atoms with van der Waals surface area (Å²) in [6.45, 7) is 4.85. The average molecular weight is 300 g/mol. The number of hydrogen-bond acceptors (Lipinski definition) is 3. The van der Waals surface area contributed by atoms with Crippen molar-refractivity contribution in [2.75, 3.05) is 14.1 Å². The largest absolute Gasteiger partial charge is 0.344 e. The molecule has 2 aromatic rings. The molecule has 2 rings (SSSR count). The number of nitrogens with one attached hydrogen (secondary N) is 2. The van der Waals surface area contributed by atoms with Crippen molar-refractivity contribution >= 4 is 5.91 Å². The van der Waals surface area contributed by atoms with E-state index in [9.17, 15) is 4.79 Å². The van der Waals surface area contributed by atoms with Gasteiger partial charge >= 0.3 is 0 Å². The predicted octanol–water partition coefficient (Wildman–Crippen LogP) is 2.66. The summed E-state index contributed by atoms with van der Waals surface area (Å²) in [5, 5.41) is 3.03. The van der Waals surface area contributed by atoms with Gasteiger partial charge in [0.05, 0.1) is 6.04 Å². The zero-order chi connectivity index (χ0) is 16.1. The van der Waals surface area contributed by atoms with Crippen LogP contribution in [0, 0.1) is 6.92 Å². The maximum Gasteiger partial charge on any atom is 0.251 e. The maximum absolute atomic E-state index is 12.4. The lowest BCUT2D eigenvalue weighted by Gasteiger charge is -2.15. The highest BCUT2D eigenvalue weighted by atomic mass is 16.1. The van der Waals surface area contributed by atoms with Gasteiger partial charge in [-0.3, -0.25) is 4.79 Å². The summed E-state index contributed by atoms with van der Waals surface area (Å²) in [5.41, 5.74) is 2.86. The molecule has 0 aliphatic carbocycles. The molecular weight excluding hydrogens is 276 g/mol. The summed E-state index contributed by atoms with van der Waals surface area (Å²) in [7, 11) is 4.05. The van der Waals surface area contributed by atoms with E-state index in [0.717, 1.165) is 24.5 Å². The highest BCUT2D eigenvalue weighted by Crippen LogP contribution is 2.14. The van der Waals surface area contributed by atoms with Gasteiger partial charge < -0.3 is 15.2 Å². The van der Waals surface area contributed by atoms with Crippen molar-refractivity contribution in [3.05, 3.63) is 53.1 Å². The Morgan fingerprint density at radius 1 is 1.32 bits per heavy atom. The quantitative estimate of drug-likeness (QED) is 0.862. The van der Waals surface area contributed by atoms with Crippen molar-refractivity contribution in [1.29, 1.82) is 0 Å². The van der Waals surface area contributed by atoms with Crippen LogP contribution in [0.25, 0.3) is 0 Å². The van der Waals surface area contributed by atoms with Crippen molar-refractivity contribution in [1.82, 2.24) is 20.2 Å². The van der Waals surface area contributed by atoms with Crippen molar-refractivity contribution in [2.24, 2.45) is 0 Å². The number of aromatic amines is 1. The number of benzene rings is 1. The number of imidazole rings is 1. The molecule has 1 aromatic carbocycles. The number of carbonyl (C=O) groups is 1. The average Bonchev–Trinajstić information content (AvgIpc) is 2.91. The minimum atomic E-state index is -0.0948. The van der Waals surface area contributed by atoms with E-state index < -0.39 is 0 Å². The van der Waals surface area contributed by atoms with Crippen LogP contribution in [0.2, 0.25) is 0 Å². The molecule has 1 unspecified atom stereocenters. The lowest BCUT2D eigenvalue weighted by Crippen LogP contribution is -2.28. The van der Waals surface area contributed by atoms with E-state index in [-0.39, 0.29) is 11.9 Å². The molecule has 2 N–H and O–H groups in total. The number of amides is 1. The molecule has 1 aromatic heterocycles. The molecule has 1 heterocycles. The predicted molar refractivity (Wildman–Crippen MR) is 87.7 cm³/mol. The first-order valence-electron chi connectivity index (χ1n) is 7.55. The van der Waals surface area contributed by atoms with Gasteiger partial charge in [-0.15, -0.1) is 0 Å². The fraction of sp³-hybridized carbons (Fsp3) is 0.412. The highest BCUT2D eigenvalue weighted by Gasteiger charge is 2.16. The molecule has 0 radical (unpaired) electrons. The minimum absolute atomic E-state index is 0.0719. The van der Waals surface area contributed by atoms with Crippen LogP contribution >= 0.6 is 0 Å². The second kappa shape index (κ2) is 7.22. The molecule has 0 bridgehead atoms. The lowest BCUT2D eigenvalue weighted by atomic mass is 10.1. The molecule has 1 atom stereocenters. The van der Waals surface area contributed by atoms with E-state index in [2.05, 4.69) is 20.2 Å². The Balaban J connectivity index is 2.04. The molecule has 5 nitrogen and oxygen atoms in total. The van der Waals surface area contributed by atoms with E-state index in [4.69, 9.17) is 0 Å². The summed E-state index contributed by atoms with van der Waals surface area (Å²) >= 11 is 0. The standard InChI is InChI=1S/C17H24N4O/c1-5-15(16-18-10-12(2)19-16)20-17(22)14-8-6-13(7-9-14)11-21(3)4/h6-10,15H,5,11H2,1-4H3,(H,18,19)(H,20,22). The molecule has 5 heteroatoms. The fourth-order valence-corrected chi connectivity index (χ4v) is 2.34. The molecule has 0 aliphatic rings. The van der Waals surface area contributed by atoms with E-state index >= 15 is 0 Å². The molecule has 0 aliphatic heterocycles. The van der Waals surface area contributed by atoms with Crippen molar-refractivity contribution < 1.29 is 4.79 Å². The van der Waals surface area contributed by atoms with Gasteiger partial charge in [-0.1, -0.05) is 19.1 Å². The molecule has 22 heavy (non-hydrogen) atoms. The molecule has 0 fully saturated rings. The first kappa shape index (κ1) is 16.2. The molecule has 118 valence electrons. The van der Waals surface area contributed by atoms with Gasteiger partial charge in [0.2, 0.25) is 0 Å². The Morgan fingerprint density at radius 3 is 2.50 bits per heavy atom. The number of nitrogens with zero attached hydrogens (tertiary/aromatic N) is 2. The molecule has 0 saturated heterocycles. The second-order valence-corrected chi connectivity index (χ2v) is 5.82. The Hall–Kier alpha value is -2.14. The number of H-pyrrole nitrogens is 1. The number of hydrogen-bond donors (Lipinski definition) is 2. The monoisotopic (exact) mass is 300 g/mol. The number of carbonyl (C=O) groups excluding carboxylic acids is 1. The minimum Gasteiger partial charge on any atom is -0.344 e. The smallest absolute Gasteiger partial charge is 0.251 e. The molecular formula is C17H24N4O. The van der Waals surface area contributed by atoms with Crippen LogP contribution in [-0.4, -0.2) is 34.9 Å². The third kappa shape index (κ3) is 4.18.